The van der Waals surface area contributed by atoms with Crippen LogP contribution in [0.2, 0.25) is 5.02 Å². The molecule has 0 spiro atoms. The van der Waals surface area contributed by atoms with Crippen LogP contribution in [0.5, 0.6) is 11.5 Å². The lowest BCUT2D eigenvalue weighted by atomic mass is 9.88. The summed E-state index contributed by atoms with van der Waals surface area (Å²) >= 11 is 5.95. The first-order valence-corrected chi connectivity index (χ1v) is 14.9. The van der Waals surface area contributed by atoms with Crippen molar-refractivity contribution in [1.29, 1.82) is 5.41 Å². The van der Waals surface area contributed by atoms with E-state index in [0.717, 1.165) is 50.3 Å². The van der Waals surface area contributed by atoms with Crippen LogP contribution >= 0.6 is 11.6 Å². The molecule has 10 nitrogen and oxygen atoms in total. The first kappa shape index (κ1) is 28.9. The number of rotatable bonds is 7. The number of aromatic nitrogens is 3. The first-order chi connectivity index (χ1) is 21.2. The van der Waals surface area contributed by atoms with Gasteiger partial charge in [-0.05, 0) is 68.6 Å². The maximum atomic E-state index is 14.8. The molecule has 0 saturated carbocycles. The Bertz CT molecular complexity index is 1760. The number of halogens is 3. The number of amidine groups is 1. The van der Waals surface area contributed by atoms with E-state index in [-0.39, 0.29) is 34.2 Å². The summed E-state index contributed by atoms with van der Waals surface area (Å²) in [6.07, 6.45) is 4.26. The van der Waals surface area contributed by atoms with Crippen LogP contribution in [0.3, 0.4) is 0 Å². The largest absolute Gasteiger partial charge is 0.444 e. The summed E-state index contributed by atoms with van der Waals surface area (Å²) in [7, 11) is 0. The topological polar surface area (TPSA) is 118 Å². The summed E-state index contributed by atoms with van der Waals surface area (Å²) in [5, 5.41) is 17.3. The molecule has 230 valence electrons. The van der Waals surface area contributed by atoms with Crippen molar-refractivity contribution in [3.8, 4) is 11.5 Å². The molecule has 2 atom stereocenters. The minimum absolute atomic E-state index is 0.0164. The molecular formula is C31H31ClF2N6O4. The van der Waals surface area contributed by atoms with Gasteiger partial charge < -0.3 is 18.8 Å². The molecule has 5 heterocycles. The van der Waals surface area contributed by atoms with Gasteiger partial charge in [-0.3, -0.25) is 26.0 Å². The third-order valence-corrected chi connectivity index (χ3v) is 8.96. The number of hydrogen-bond donors (Lipinski definition) is 3. The van der Waals surface area contributed by atoms with Crippen molar-refractivity contribution in [3.63, 3.8) is 0 Å². The highest BCUT2D eigenvalue weighted by atomic mass is 35.5. The van der Waals surface area contributed by atoms with E-state index in [1.807, 2.05) is 5.48 Å². The number of fused-ring (bicyclic) bond motifs is 2. The summed E-state index contributed by atoms with van der Waals surface area (Å²) in [6.45, 7) is 5.09. The van der Waals surface area contributed by atoms with Gasteiger partial charge in [0.05, 0.1) is 42.0 Å². The molecular weight excluding hydrogens is 594 g/mol. The molecule has 13 heteroatoms. The second-order valence-electron chi connectivity index (χ2n) is 11.6. The van der Waals surface area contributed by atoms with Crippen molar-refractivity contribution in [2.24, 2.45) is 0 Å². The van der Waals surface area contributed by atoms with Gasteiger partial charge in [0.2, 0.25) is 0 Å². The number of nitrogens with zero attached hydrogens (tertiary/aromatic N) is 4. The molecule has 3 N–H and O–H groups in total. The molecule has 0 aliphatic carbocycles. The highest BCUT2D eigenvalue weighted by molar-refractivity contribution is 6.30. The van der Waals surface area contributed by atoms with Gasteiger partial charge in [-0.1, -0.05) is 11.6 Å². The number of benzene rings is 2. The molecule has 0 radical (unpaired) electrons. The summed E-state index contributed by atoms with van der Waals surface area (Å²) in [5.41, 5.74) is 4.55. The number of pyridine rings is 1. The van der Waals surface area contributed by atoms with E-state index in [9.17, 15) is 8.78 Å². The Hall–Kier alpha value is -3.84. The van der Waals surface area contributed by atoms with Crippen LogP contribution in [0.1, 0.15) is 54.7 Å². The fourth-order valence-corrected chi connectivity index (χ4v) is 6.46. The van der Waals surface area contributed by atoms with Crippen LogP contribution < -0.4 is 15.0 Å². The number of ether oxygens (including phenoxy) is 3. The molecule has 0 bridgehead atoms. The minimum atomic E-state index is -1.45. The van der Waals surface area contributed by atoms with Crippen LogP contribution in [0.25, 0.3) is 11.0 Å². The molecule has 4 aromatic rings. The molecule has 44 heavy (non-hydrogen) atoms. The summed E-state index contributed by atoms with van der Waals surface area (Å²) in [6, 6.07) is 8.75. The number of hydroxylamine groups is 1. The van der Waals surface area contributed by atoms with Gasteiger partial charge >= 0.3 is 0 Å². The Morgan fingerprint density at radius 1 is 1.16 bits per heavy atom. The van der Waals surface area contributed by atoms with Gasteiger partial charge in [-0.25, -0.2) is 13.8 Å². The Balaban J connectivity index is 1.09. The third kappa shape index (κ3) is 5.25. The zero-order valence-electron chi connectivity index (χ0n) is 23.9. The number of hydrogen-bond acceptors (Lipinski definition) is 8. The molecule has 2 fully saturated rings. The molecule has 3 aliphatic rings. The van der Waals surface area contributed by atoms with E-state index >= 15 is 0 Å². The Morgan fingerprint density at radius 3 is 2.66 bits per heavy atom. The van der Waals surface area contributed by atoms with Gasteiger partial charge in [0.25, 0.3) is 5.79 Å². The van der Waals surface area contributed by atoms with Crippen molar-refractivity contribution < 1.29 is 28.2 Å². The Morgan fingerprint density at radius 2 is 1.95 bits per heavy atom. The molecule has 2 aromatic heterocycles. The van der Waals surface area contributed by atoms with Crippen LogP contribution in [0, 0.1) is 17.0 Å². The van der Waals surface area contributed by atoms with Crippen LogP contribution in [0.15, 0.2) is 42.6 Å². The monoisotopic (exact) mass is 624 g/mol. The van der Waals surface area contributed by atoms with Gasteiger partial charge in [-0.15, -0.1) is 0 Å². The van der Waals surface area contributed by atoms with Crippen LogP contribution in [-0.2, 0) is 23.6 Å². The van der Waals surface area contributed by atoms with Crippen LogP contribution in [0.4, 0.5) is 8.78 Å². The normalized spacial score (nSPS) is 21.9. The molecule has 7 rings (SSSR count). The van der Waals surface area contributed by atoms with Gasteiger partial charge in [0, 0.05) is 30.2 Å². The third-order valence-electron chi connectivity index (χ3n) is 8.72. The van der Waals surface area contributed by atoms with Gasteiger partial charge in [0.15, 0.2) is 17.3 Å². The Labute approximate surface area is 257 Å². The smallest absolute Gasteiger partial charge is 0.278 e. The van der Waals surface area contributed by atoms with E-state index in [4.69, 9.17) is 41.4 Å². The van der Waals surface area contributed by atoms with E-state index in [2.05, 4.69) is 14.5 Å². The molecule has 2 unspecified atom stereocenters. The zero-order valence-corrected chi connectivity index (χ0v) is 24.7. The molecule has 2 aromatic carbocycles. The predicted molar refractivity (Wildman–Crippen MR) is 157 cm³/mol. The molecule has 0 amide bonds. The van der Waals surface area contributed by atoms with Crippen molar-refractivity contribution in [1.82, 2.24) is 24.9 Å². The fourth-order valence-electron chi connectivity index (χ4n) is 6.30. The summed E-state index contributed by atoms with van der Waals surface area (Å²) in [5.74, 6) is -1.08. The van der Waals surface area contributed by atoms with Crippen molar-refractivity contribution in [3.05, 3.63) is 81.9 Å². The quantitative estimate of drug-likeness (QED) is 0.141. The van der Waals surface area contributed by atoms with Gasteiger partial charge in [-0.2, -0.15) is 0 Å². The SMILES string of the molecule is CC1(c2ccc(Cl)cc2F)Oc2cc(F)cc(C3CCN(Cc4nc5cc(C(=N)NO)ncc5n4CC4CCO4)CC3)c2O1. The highest BCUT2D eigenvalue weighted by Crippen LogP contribution is 2.50. The predicted octanol–water partition coefficient (Wildman–Crippen LogP) is 5.48. The van der Waals surface area contributed by atoms with E-state index in [1.54, 1.807) is 25.3 Å². The van der Waals surface area contributed by atoms with Crippen molar-refractivity contribution >= 4 is 28.5 Å². The average molecular weight is 625 g/mol. The van der Waals surface area contributed by atoms with Crippen LogP contribution in [-0.4, -0.2) is 56.3 Å². The summed E-state index contributed by atoms with van der Waals surface area (Å²) in [4.78, 5) is 11.5. The highest BCUT2D eigenvalue weighted by Gasteiger charge is 2.43. The zero-order chi connectivity index (χ0) is 30.6. The maximum Gasteiger partial charge on any atom is 0.278 e. The number of piperidine rings is 1. The van der Waals surface area contributed by atoms with Crippen molar-refractivity contribution in [2.75, 3.05) is 19.7 Å². The van der Waals surface area contributed by atoms with E-state index in [1.165, 1.54) is 24.3 Å². The lowest BCUT2D eigenvalue weighted by Crippen LogP contribution is -2.35. The average Bonchev–Trinajstić information content (AvgIpc) is 3.50. The van der Waals surface area contributed by atoms with E-state index < -0.39 is 17.4 Å². The first-order valence-electron chi connectivity index (χ1n) is 14.6. The number of imidazole rings is 1. The standard InChI is InChI=1S/C31H31ClF2N6O4/c1-31(22-3-2-18(32)10-23(22)34)43-27-12-19(33)11-21(29(27)44-31)17-4-7-39(8-5-17)16-28-37-24-13-25(30(35)38-41)36-14-26(24)40(28)15-20-6-9-42-20/h2-3,10-14,17,20,41H,4-9,15-16H2,1H3,(H2,35,38). The fraction of sp³-hybridized carbons (Fsp3) is 0.387. The van der Waals surface area contributed by atoms with Gasteiger partial charge in [0.1, 0.15) is 23.2 Å². The second-order valence-corrected chi connectivity index (χ2v) is 12.0. The minimum Gasteiger partial charge on any atom is -0.444 e. The van der Waals surface area contributed by atoms with E-state index in [0.29, 0.717) is 35.6 Å². The summed E-state index contributed by atoms with van der Waals surface area (Å²) < 4.78 is 49.7. The Kier molecular flexibility index (Phi) is 7.40. The number of nitrogens with one attached hydrogen (secondary N) is 2. The second kappa shape index (κ2) is 11.3. The lowest BCUT2D eigenvalue weighted by molar-refractivity contribution is -0.0712. The maximum absolute atomic E-state index is 14.8. The van der Waals surface area contributed by atoms with Crippen molar-refractivity contribution in [2.45, 2.75) is 57.1 Å². The lowest BCUT2D eigenvalue weighted by Gasteiger charge is -2.33. The molecule has 2 saturated heterocycles. The molecule has 3 aliphatic heterocycles. The number of likely N-dealkylation sites (tertiary alicyclic amines) is 1.